The second-order valence-electron chi connectivity index (χ2n) is 5.31. The summed E-state index contributed by atoms with van der Waals surface area (Å²) in [6, 6.07) is 6.16. The van der Waals surface area contributed by atoms with E-state index in [0.717, 1.165) is 0 Å². The van der Waals surface area contributed by atoms with Crippen LogP contribution in [0.1, 0.15) is 19.4 Å². The van der Waals surface area contributed by atoms with E-state index in [0.29, 0.717) is 18.7 Å². The molecule has 1 N–H and O–H groups in total. The maximum atomic E-state index is 12.3. The molecule has 2 rings (SSSR count). The Morgan fingerprint density at radius 2 is 2.00 bits per heavy atom. The molecule has 2 atom stereocenters. The van der Waals surface area contributed by atoms with Crippen LogP contribution in [0.2, 0.25) is 0 Å². The van der Waals surface area contributed by atoms with Crippen LogP contribution in [0.25, 0.3) is 0 Å². The standard InChI is InChI=1S/C15H20F2N2O3/c1-10-8-19(9-11(2)21-10)15(20)18-7-12-5-3-4-6-13(12)22-14(16)17/h3-6,10-11,14H,7-9H2,1-2H3,(H,18,20)/t10-,11+. The minimum atomic E-state index is -2.89. The van der Waals surface area contributed by atoms with Gasteiger partial charge in [-0.1, -0.05) is 18.2 Å². The van der Waals surface area contributed by atoms with Crippen molar-refractivity contribution in [3.05, 3.63) is 29.8 Å². The first-order chi connectivity index (χ1) is 10.5. The third-order valence-electron chi connectivity index (χ3n) is 3.33. The summed E-state index contributed by atoms with van der Waals surface area (Å²) in [5.41, 5.74) is 0.505. The van der Waals surface area contributed by atoms with Gasteiger partial charge in [-0.15, -0.1) is 0 Å². The number of ether oxygens (including phenoxy) is 2. The Bertz CT molecular complexity index is 503. The molecular weight excluding hydrogens is 294 g/mol. The van der Waals surface area contributed by atoms with E-state index in [1.807, 2.05) is 13.8 Å². The number of carbonyl (C=O) groups excluding carboxylic acids is 1. The Morgan fingerprint density at radius 3 is 2.64 bits per heavy atom. The average molecular weight is 314 g/mol. The Labute approximate surface area is 128 Å². The van der Waals surface area contributed by atoms with Gasteiger partial charge in [0.2, 0.25) is 0 Å². The predicted molar refractivity (Wildman–Crippen MR) is 76.9 cm³/mol. The van der Waals surface area contributed by atoms with Gasteiger partial charge in [-0.3, -0.25) is 0 Å². The van der Waals surface area contributed by atoms with Crippen LogP contribution in [-0.2, 0) is 11.3 Å². The third kappa shape index (κ3) is 4.56. The summed E-state index contributed by atoms with van der Waals surface area (Å²) in [6.07, 6.45) is -0.0482. The molecule has 1 saturated heterocycles. The van der Waals surface area contributed by atoms with E-state index in [2.05, 4.69) is 10.1 Å². The Morgan fingerprint density at radius 1 is 1.36 bits per heavy atom. The SMILES string of the molecule is C[C@@H]1CN(C(=O)NCc2ccccc2OC(F)F)C[C@H](C)O1. The fourth-order valence-corrected chi connectivity index (χ4v) is 2.49. The number of nitrogens with one attached hydrogen (secondary N) is 1. The molecule has 1 aromatic carbocycles. The van der Waals surface area contributed by atoms with E-state index in [1.54, 1.807) is 23.1 Å². The first kappa shape index (κ1) is 16.5. The minimum Gasteiger partial charge on any atom is -0.434 e. The number of urea groups is 1. The summed E-state index contributed by atoms with van der Waals surface area (Å²) < 4.78 is 34.7. The summed E-state index contributed by atoms with van der Waals surface area (Å²) in [5.74, 6) is 0.0708. The molecule has 1 heterocycles. The molecule has 0 aliphatic carbocycles. The zero-order chi connectivity index (χ0) is 16.1. The number of para-hydroxylation sites is 1. The molecule has 7 heteroatoms. The number of halogens is 2. The summed E-state index contributed by atoms with van der Waals surface area (Å²) in [5, 5.41) is 2.73. The van der Waals surface area contributed by atoms with Gasteiger partial charge in [0.05, 0.1) is 12.2 Å². The van der Waals surface area contributed by atoms with E-state index in [-0.39, 0.29) is 30.5 Å². The van der Waals surface area contributed by atoms with Crippen molar-refractivity contribution in [3.8, 4) is 5.75 Å². The monoisotopic (exact) mass is 314 g/mol. The fraction of sp³-hybridized carbons (Fsp3) is 0.533. The highest BCUT2D eigenvalue weighted by molar-refractivity contribution is 5.74. The van der Waals surface area contributed by atoms with Gasteiger partial charge in [-0.25, -0.2) is 4.79 Å². The van der Waals surface area contributed by atoms with Crippen molar-refractivity contribution in [2.45, 2.75) is 39.2 Å². The molecule has 1 aromatic rings. The van der Waals surface area contributed by atoms with Crippen LogP contribution < -0.4 is 10.1 Å². The maximum Gasteiger partial charge on any atom is 0.387 e. The van der Waals surface area contributed by atoms with Crippen LogP contribution in [0.5, 0.6) is 5.75 Å². The number of amides is 2. The van der Waals surface area contributed by atoms with Gasteiger partial charge in [0, 0.05) is 25.2 Å². The average Bonchev–Trinajstić information content (AvgIpc) is 2.44. The van der Waals surface area contributed by atoms with Gasteiger partial charge in [0.1, 0.15) is 5.75 Å². The minimum absolute atomic E-state index is 0.0241. The van der Waals surface area contributed by atoms with Crippen LogP contribution in [0.4, 0.5) is 13.6 Å². The Hall–Kier alpha value is -1.89. The van der Waals surface area contributed by atoms with Gasteiger partial charge >= 0.3 is 12.6 Å². The third-order valence-corrected chi connectivity index (χ3v) is 3.33. The number of hydrogen-bond donors (Lipinski definition) is 1. The van der Waals surface area contributed by atoms with Crippen LogP contribution >= 0.6 is 0 Å². The zero-order valence-corrected chi connectivity index (χ0v) is 12.6. The summed E-state index contributed by atoms with van der Waals surface area (Å²) >= 11 is 0. The molecule has 0 unspecified atom stereocenters. The van der Waals surface area contributed by atoms with E-state index >= 15 is 0 Å². The first-order valence-corrected chi connectivity index (χ1v) is 7.16. The molecule has 0 spiro atoms. The van der Waals surface area contributed by atoms with E-state index < -0.39 is 6.61 Å². The number of hydrogen-bond acceptors (Lipinski definition) is 3. The summed E-state index contributed by atoms with van der Waals surface area (Å²) in [6.45, 7) is 2.06. The highest BCUT2D eigenvalue weighted by Crippen LogP contribution is 2.20. The molecule has 0 saturated carbocycles. The maximum absolute atomic E-state index is 12.3. The molecule has 122 valence electrons. The Kier molecular flexibility index (Phi) is 5.54. The van der Waals surface area contributed by atoms with Crippen molar-refractivity contribution in [1.29, 1.82) is 0 Å². The van der Waals surface area contributed by atoms with Crippen molar-refractivity contribution in [3.63, 3.8) is 0 Å². The number of nitrogens with zero attached hydrogens (tertiary/aromatic N) is 1. The lowest BCUT2D eigenvalue weighted by Crippen LogP contribution is -2.51. The zero-order valence-electron chi connectivity index (χ0n) is 12.6. The number of morpholine rings is 1. The molecule has 0 radical (unpaired) electrons. The van der Waals surface area contributed by atoms with Gasteiger partial charge < -0.3 is 19.7 Å². The van der Waals surface area contributed by atoms with Gasteiger partial charge in [-0.2, -0.15) is 8.78 Å². The molecule has 1 aliphatic rings. The topological polar surface area (TPSA) is 50.8 Å². The molecule has 22 heavy (non-hydrogen) atoms. The van der Waals surface area contributed by atoms with E-state index in [4.69, 9.17) is 4.74 Å². The quantitative estimate of drug-likeness (QED) is 0.929. The van der Waals surface area contributed by atoms with Gasteiger partial charge in [0.25, 0.3) is 0 Å². The Balaban J connectivity index is 1.93. The molecule has 1 aliphatic heterocycles. The van der Waals surface area contributed by atoms with Crippen molar-refractivity contribution < 1.29 is 23.0 Å². The van der Waals surface area contributed by atoms with Crippen molar-refractivity contribution in [2.24, 2.45) is 0 Å². The first-order valence-electron chi connectivity index (χ1n) is 7.16. The number of rotatable bonds is 4. The van der Waals surface area contributed by atoms with E-state index in [9.17, 15) is 13.6 Å². The smallest absolute Gasteiger partial charge is 0.387 e. The molecule has 0 aromatic heterocycles. The van der Waals surface area contributed by atoms with Crippen molar-refractivity contribution in [2.75, 3.05) is 13.1 Å². The highest BCUT2D eigenvalue weighted by atomic mass is 19.3. The normalized spacial score (nSPS) is 21.8. The van der Waals surface area contributed by atoms with Crippen LogP contribution in [0.3, 0.4) is 0 Å². The van der Waals surface area contributed by atoms with Crippen LogP contribution in [0, 0.1) is 0 Å². The van der Waals surface area contributed by atoms with Crippen molar-refractivity contribution in [1.82, 2.24) is 10.2 Å². The highest BCUT2D eigenvalue weighted by Gasteiger charge is 2.25. The molecular formula is C15H20F2N2O3. The lowest BCUT2D eigenvalue weighted by molar-refractivity contribution is -0.0548. The summed E-state index contributed by atoms with van der Waals surface area (Å²) in [4.78, 5) is 13.8. The second-order valence-corrected chi connectivity index (χ2v) is 5.31. The summed E-state index contributed by atoms with van der Waals surface area (Å²) in [7, 11) is 0. The van der Waals surface area contributed by atoms with E-state index in [1.165, 1.54) is 6.07 Å². The largest absolute Gasteiger partial charge is 0.434 e. The number of alkyl halides is 2. The lowest BCUT2D eigenvalue weighted by atomic mass is 10.2. The molecule has 5 nitrogen and oxygen atoms in total. The number of benzene rings is 1. The molecule has 2 amide bonds. The van der Waals surface area contributed by atoms with Crippen molar-refractivity contribution >= 4 is 6.03 Å². The molecule has 1 fully saturated rings. The van der Waals surface area contributed by atoms with Gasteiger partial charge in [-0.05, 0) is 19.9 Å². The van der Waals surface area contributed by atoms with Crippen LogP contribution in [-0.4, -0.2) is 42.8 Å². The number of carbonyl (C=O) groups is 1. The van der Waals surface area contributed by atoms with Gasteiger partial charge in [0.15, 0.2) is 0 Å². The van der Waals surface area contributed by atoms with Crippen LogP contribution in [0.15, 0.2) is 24.3 Å². The second kappa shape index (κ2) is 7.40. The fourth-order valence-electron chi connectivity index (χ4n) is 2.49. The predicted octanol–water partition coefficient (Wildman–Crippen LogP) is 2.61. The molecule has 0 bridgehead atoms. The lowest BCUT2D eigenvalue weighted by Gasteiger charge is -2.35.